The molecular formula is C29H36ClN3O6. The van der Waals surface area contributed by atoms with Gasteiger partial charge in [0.15, 0.2) is 0 Å². The lowest BCUT2D eigenvalue weighted by molar-refractivity contribution is -0.154. The molecule has 0 radical (unpaired) electrons. The van der Waals surface area contributed by atoms with Crippen LogP contribution in [-0.4, -0.2) is 41.7 Å². The predicted molar refractivity (Wildman–Crippen MR) is 149 cm³/mol. The van der Waals surface area contributed by atoms with E-state index in [1.54, 1.807) is 35.1 Å². The van der Waals surface area contributed by atoms with Gasteiger partial charge in [-0.1, -0.05) is 30.2 Å². The zero-order valence-corrected chi connectivity index (χ0v) is 23.9. The summed E-state index contributed by atoms with van der Waals surface area (Å²) in [5.41, 5.74) is 2.69. The molecule has 0 fully saturated rings. The van der Waals surface area contributed by atoms with E-state index in [9.17, 15) is 9.59 Å². The first-order chi connectivity index (χ1) is 18.6. The highest BCUT2D eigenvalue weighted by molar-refractivity contribution is 6.30. The van der Waals surface area contributed by atoms with E-state index in [4.69, 9.17) is 30.6 Å². The van der Waals surface area contributed by atoms with E-state index in [1.165, 1.54) is 14.2 Å². The normalized spacial score (nSPS) is 11.2. The number of esters is 1. The predicted octanol–water partition coefficient (Wildman–Crippen LogP) is 6.68. The van der Waals surface area contributed by atoms with Gasteiger partial charge in [-0.2, -0.15) is 5.06 Å². The van der Waals surface area contributed by atoms with Gasteiger partial charge in [-0.05, 0) is 75.9 Å². The van der Waals surface area contributed by atoms with Gasteiger partial charge in [0.25, 0.3) is 0 Å². The lowest BCUT2D eigenvalue weighted by Crippen LogP contribution is -2.30. The molecule has 0 aliphatic rings. The minimum atomic E-state index is -0.652. The minimum absolute atomic E-state index is 0.149. The van der Waals surface area contributed by atoms with Gasteiger partial charge in [-0.15, -0.1) is 5.10 Å². The molecular weight excluding hydrogens is 522 g/mol. The number of methoxy groups -OCH3 is 1. The third-order valence-corrected chi connectivity index (χ3v) is 5.94. The molecule has 3 aromatic rings. The maximum atomic E-state index is 12.3. The van der Waals surface area contributed by atoms with Crippen molar-refractivity contribution in [3.8, 4) is 11.6 Å². The Balaban J connectivity index is 1.67. The average molecular weight is 558 g/mol. The number of benzene rings is 2. The number of aromatic nitrogens is 2. The number of rotatable bonds is 12. The van der Waals surface area contributed by atoms with E-state index in [2.05, 4.69) is 5.10 Å². The summed E-state index contributed by atoms with van der Waals surface area (Å²) in [7, 11) is 2.69. The van der Waals surface area contributed by atoms with Gasteiger partial charge in [0.1, 0.15) is 12.2 Å². The zero-order chi connectivity index (χ0) is 28.4. The number of hydrogen-bond acceptors (Lipinski definition) is 7. The zero-order valence-electron chi connectivity index (χ0n) is 23.1. The van der Waals surface area contributed by atoms with Crippen molar-refractivity contribution in [2.24, 2.45) is 0 Å². The summed E-state index contributed by atoms with van der Waals surface area (Å²) in [4.78, 5) is 29.5. The first kappa shape index (κ1) is 30.0. The fraction of sp³-hybridized carbons (Fsp3) is 0.414. The van der Waals surface area contributed by atoms with Crippen LogP contribution in [0.2, 0.25) is 5.02 Å². The van der Waals surface area contributed by atoms with Crippen molar-refractivity contribution in [3.05, 3.63) is 70.9 Å². The second kappa shape index (κ2) is 14.0. The number of carbonyl (C=O) groups is 2. The quantitative estimate of drug-likeness (QED) is 0.139. The van der Waals surface area contributed by atoms with Crippen LogP contribution in [0.1, 0.15) is 57.6 Å². The Morgan fingerprint density at radius 2 is 1.74 bits per heavy atom. The van der Waals surface area contributed by atoms with Gasteiger partial charge in [-0.25, -0.2) is 9.48 Å². The number of hydrogen-bond donors (Lipinski definition) is 0. The van der Waals surface area contributed by atoms with Crippen molar-refractivity contribution in [2.45, 2.75) is 65.1 Å². The SMILES string of the molecule is COC(=O)N(OC)c1ccc(CCCCCC(=O)OC(C)(C)C)cc1COc1ccn(-c2ccc(Cl)cc2)n1. The summed E-state index contributed by atoms with van der Waals surface area (Å²) < 4.78 is 17.9. The van der Waals surface area contributed by atoms with E-state index in [1.807, 2.05) is 45.0 Å². The number of hydroxylamine groups is 1. The van der Waals surface area contributed by atoms with Gasteiger partial charge in [-0.3, -0.25) is 9.63 Å². The summed E-state index contributed by atoms with van der Waals surface area (Å²) in [5.74, 6) is 0.248. The molecule has 0 aliphatic carbocycles. The van der Waals surface area contributed by atoms with E-state index < -0.39 is 11.7 Å². The van der Waals surface area contributed by atoms with Gasteiger partial charge in [0, 0.05) is 29.3 Å². The van der Waals surface area contributed by atoms with Crippen LogP contribution >= 0.6 is 11.6 Å². The van der Waals surface area contributed by atoms with Crippen LogP contribution in [0.4, 0.5) is 10.5 Å². The Bertz CT molecular complexity index is 1240. The standard InChI is InChI=1S/C29H36ClN3O6/c1-29(2,3)39-27(34)10-8-6-7-9-21-11-16-25(33(37-5)28(35)36-4)22(19-21)20-38-26-17-18-32(31-26)24-14-12-23(30)13-15-24/h11-19H,6-10,20H2,1-5H3. The first-order valence-corrected chi connectivity index (χ1v) is 13.2. The third-order valence-electron chi connectivity index (χ3n) is 5.68. The number of unbranched alkanes of at least 4 members (excludes halogenated alkanes) is 2. The number of carbonyl (C=O) groups excluding carboxylic acids is 2. The van der Waals surface area contributed by atoms with Crippen LogP contribution in [0.5, 0.6) is 5.88 Å². The van der Waals surface area contributed by atoms with Crippen LogP contribution in [0, 0.1) is 0 Å². The molecule has 9 nitrogen and oxygen atoms in total. The highest BCUT2D eigenvalue weighted by atomic mass is 35.5. The second-order valence-corrected chi connectivity index (χ2v) is 10.4. The summed E-state index contributed by atoms with van der Waals surface area (Å²) in [6.07, 6.45) is 4.90. The molecule has 2 aromatic carbocycles. The van der Waals surface area contributed by atoms with Crippen molar-refractivity contribution >= 4 is 29.4 Å². The third kappa shape index (κ3) is 9.30. The molecule has 0 unspecified atom stereocenters. The number of aryl methyl sites for hydroxylation is 1. The van der Waals surface area contributed by atoms with Crippen molar-refractivity contribution in [1.82, 2.24) is 9.78 Å². The van der Waals surface area contributed by atoms with Gasteiger partial charge in [0.05, 0.1) is 25.6 Å². The maximum absolute atomic E-state index is 12.3. The molecule has 0 N–H and O–H groups in total. The van der Waals surface area contributed by atoms with E-state index in [-0.39, 0.29) is 12.6 Å². The molecule has 10 heteroatoms. The van der Waals surface area contributed by atoms with Crippen molar-refractivity contribution in [1.29, 1.82) is 0 Å². The van der Waals surface area contributed by atoms with Crippen LogP contribution in [0.3, 0.4) is 0 Å². The Kier molecular flexibility index (Phi) is 10.8. The molecule has 3 rings (SSSR count). The Labute approximate surface area is 234 Å². The summed E-state index contributed by atoms with van der Waals surface area (Å²) >= 11 is 5.98. The highest BCUT2D eigenvalue weighted by Gasteiger charge is 2.21. The Morgan fingerprint density at radius 1 is 1.00 bits per heavy atom. The highest BCUT2D eigenvalue weighted by Crippen LogP contribution is 2.26. The number of amides is 1. The van der Waals surface area contributed by atoms with Gasteiger partial charge < -0.3 is 14.2 Å². The fourth-order valence-corrected chi connectivity index (χ4v) is 4.03. The van der Waals surface area contributed by atoms with Crippen molar-refractivity contribution < 1.29 is 28.6 Å². The van der Waals surface area contributed by atoms with Crippen molar-refractivity contribution in [3.63, 3.8) is 0 Å². The molecule has 0 bridgehead atoms. The summed E-state index contributed by atoms with van der Waals surface area (Å²) in [6.45, 7) is 5.75. The Morgan fingerprint density at radius 3 is 2.41 bits per heavy atom. The molecule has 0 saturated carbocycles. The Hall–Kier alpha value is -3.56. The van der Waals surface area contributed by atoms with Crippen molar-refractivity contribution in [2.75, 3.05) is 19.3 Å². The molecule has 1 aromatic heterocycles. The molecule has 1 heterocycles. The van der Waals surface area contributed by atoms with E-state index in [0.717, 1.165) is 47.6 Å². The summed E-state index contributed by atoms with van der Waals surface area (Å²) in [6, 6.07) is 14.8. The molecule has 0 aliphatic heterocycles. The van der Waals surface area contributed by atoms with Crippen LogP contribution in [0.25, 0.3) is 5.69 Å². The second-order valence-electron chi connectivity index (χ2n) is 9.92. The monoisotopic (exact) mass is 557 g/mol. The molecule has 39 heavy (non-hydrogen) atoms. The number of anilines is 1. The van der Waals surface area contributed by atoms with Gasteiger partial charge in [0.2, 0.25) is 5.88 Å². The smallest absolute Gasteiger partial charge is 0.438 e. The molecule has 210 valence electrons. The number of ether oxygens (including phenoxy) is 3. The lowest BCUT2D eigenvalue weighted by atomic mass is 10.0. The maximum Gasteiger partial charge on any atom is 0.438 e. The average Bonchev–Trinajstić information content (AvgIpc) is 3.36. The van der Waals surface area contributed by atoms with Crippen LogP contribution < -0.4 is 9.80 Å². The molecule has 0 spiro atoms. The molecule has 1 amide bonds. The van der Waals surface area contributed by atoms with Crippen LogP contribution in [0.15, 0.2) is 54.7 Å². The first-order valence-electron chi connectivity index (χ1n) is 12.8. The van der Waals surface area contributed by atoms with Crippen LogP contribution in [-0.2, 0) is 32.1 Å². The number of halogens is 1. The largest absolute Gasteiger partial charge is 0.472 e. The topological polar surface area (TPSA) is 92.1 Å². The molecule has 0 atom stereocenters. The molecule has 0 saturated heterocycles. The van der Waals surface area contributed by atoms with E-state index >= 15 is 0 Å². The van der Waals surface area contributed by atoms with E-state index in [0.29, 0.717) is 23.0 Å². The lowest BCUT2D eigenvalue weighted by Gasteiger charge is -2.21. The minimum Gasteiger partial charge on any atom is -0.472 e. The number of nitrogens with zero attached hydrogens (tertiary/aromatic N) is 3. The fourth-order valence-electron chi connectivity index (χ4n) is 3.90. The van der Waals surface area contributed by atoms with Gasteiger partial charge >= 0.3 is 12.1 Å². The summed E-state index contributed by atoms with van der Waals surface area (Å²) in [5, 5.41) is 6.20.